The van der Waals surface area contributed by atoms with Gasteiger partial charge in [0.05, 0.1) is 18.0 Å². The van der Waals surface area contributed by atoms with E-state index in [-0.39, 0.29) is 10.6 Å². The number of nitrogens with one attached hydrogen (secondary N) is 1. The van der Waals surface area contributed by atoms with Gasteiger partial charge in [-0.15, -0.1) is 0 Å². The molecule has 0 amide bonds. The first kappa shape index (κ1) is 14.3. The van der Waals surface area contributed by atoms with Crippen molar-refractivity contribution in [3.63, 3.8) is 0 Å². The van der Waals surface area contributed by atoms with E-state index in [1.165, 1.54) is 18.5 Å². The van der Waals surface area contributed by atoms with Crippen molar-refractivity contribution in [2.75, 3.05) is 17.6 Å². The Morgan fingerprint density at radius 3 is 2.75 bits per heavy atom. The SMILES string of the molecule is COCc1ccccc1NS(=O)(=O)c1cnccc1N. The van der Waals surface area contributed by atoms with Crippen molar-refractivity contribution in [3.8, 4) is 0 Å². The Hall–Kier alpha value is -2.12. The van der Waals surface area contributed by atoms with Crippen LogP contribution in [0.4, 0.5) is 11.4 Å². The Morgan fingerprint density at radius 1 is 1.30 bits per heavy atom. The lowest BCUT2D eigenvalue weighted by molar-refractivity contribution is 0.185. The Kier molecular flexibility index (Phi) is 4.21. The Labute approximate surface area is 117 Å². The van der Waals surface area contributed by atoms with Gasteiger partial charge in [-0.25, -0.2) is 8.42 Å². The number of nitrogens with zero attached hydrogens (tertiary/aromatic N) is 1. The Morgan fingerprint density at radius 2 is 2.05 bits per heavy atom. The molecule has 2 rings (SSSR count). The van der Waals surface area contributed by atoms with E-state index in [4.69, 9.17) is 10.5 Å². The summed E-state index contributed by atoms with van der Waals surface area (Å²) in [5.41, 5.74) is 7.02. The minimum Gasteiger partial charge on any atom is -0.398 e. The minimum absolute atomic E-state index is 0.0489. The lowest BCUT2D eigenvalue weighted by Gasteiger charge is -2.12. The minimum atomic E-state index is -3.78. The van der Waals surface area contributed by atoms with Crippen LogP contribution in [0.1, 0.15) is 5.56 Å². The summed E-state index contributed by atoms with van der Waals surface area (Å²) >= 11 is 0. The predicted molar refractivity (Wildman–Crippen MR) is 76.6 cm³/mol. The van der Waals surface area contributed by atoms with Crippen LogP contribution in [0.25, 0.3) is 0 Å². The number of sulfonamides is 1. The summed E-state index contributed by atoms with van der Waals surface area (Å²) in [6.45, 7) is 0.307. The number of methoxy groups -OCH3 is 1. The first-order valence-corrected chi connectivity index (χ1v) is 7.32. The van der Waals surface area contributed by atoms with Crippen LogP contribution in [0.2, 0.25) is 0 Å². The van der Waals surface area contributed by atoms with E-state index < -0.39 is 10.0 Å². The number of ether oxygens (including phenoxy) is 1. The van der Waals surface area contributed by atoms with E-state index in [1.807, 2.05) is 6.07 Å². The van der Waals surface area contributed by atoms with Crippen LogP contribution >= 0.6 is 0 Å². The molecule has 0 bridgehead atoms. The van der Waals surface area contributed by atoms with Gasteiger partial charge in [-0.2, -0.15) is 0 Å². The molecule has 106 valence electrons. The quantitative estimate of drug-likeness (QED) is 0.873. The van der Waals surface area contributed by atoms with Crippen LogP contribution in [0.15, 0.2) is 47.6 Å². The van der Waals surface area contributed by atoms with Crippen molar-refractivity contribution in [3.05, 3.63) is 48.3 Å². The van der Waals surface area contributed by atoms with Crippen molar-refractivity contribution in [1.29, 1.82) is 0 Å². The van der Waals surface area contributed by atoms with Gasteiger partial charge in [0.15, 0.2) is 0 Å². The van der Waals surface area contributed by atoms with Crippen molar-refractivity contribution >= 4 is 21.4 Å². The number of aromatic nitrogens is 1. The standard InChI is InChI=1S/C13H15N3O3S/c1-19-9-10-4-2-3-5-12(10)16-20(17,18)13-8-15-7-6-11(13)14/h2-8,16H,9H2,1H3,(H2,14,15). The first-order chi connectivity index (χ1) is 9.54. The predicted octanol–water partition coefficient (Wildman–Crippen LogP) is 1.61. The van der Waals surface area contributed by atoms with Crippen molar-refractivity contribution in [2.45, 2.75) is 11.5 Å². The van der Waals surface area contributed by atoms with E-state index in [1.54, 1.807) is 25.3 Å². The number of pyridine rings is 1. The zero-order valence-corrected chi connectivity index (χ0v) is 11.7. The maximum absolute atomic E-state index is 12.3. The molecule has 6 nitrogen and oxygen atoms in total. The molecule has 0 spiro atoms. The smallest absolute Gasteiger partial charge is 0.265 e. The molecular weight excluding hydrogens is 278 g/mol. The summed E-state index contributed by atoms with van der Waals surface area (Å²) < 4.78 is 32.2. The summed E-state index contributed by atoms with van der Waals surface area (Å²) in [4.78, 5) is 3.74. The van der Waals surface area contributed by atoms with Gasteiger partial charge >= 0.3 is 0 Å². The van der Waals surface area contributed by atoms with Crippen molar-refractivity contribution in [1.82, 2.24) is 4.98 Å². The van der Waals surface area contributed by atoms with Gasteiger partial charge in [0, 0.05) is 25.1 Å². The molecule has 1 heterocycles. The van der Waals surface area contributed by atoms with Crippen LogP contribution in [-0.4, -0.2) is 20.5 Å². The molecule has 0 radical (unpaired) electrons. The van der Waals surface area contributed by atoms with Gasteiger partial charge in [-0.3, -0.25) is 9.71 Å². The average molecular weight is 293 g/mol. The summed E-state index contributed by atoms with van der Waals surface area (Å²) in [7, 11) is -2.23. The molecular formula is C13H15N3O3S. The normalized spacial score (nSPS) is 11.2. The fraction of sp³-hybridized carbons (Fsp3) is 0.154. The van der Waals surface area contributed by atoms with Crippen LogP contribution in [-0.2, 0) is 21.4 Å². The molecule has 0 aliphatic carbocycles. The maximum atomic E-state index is 12.3. The fourth-order valence-electron chi connectivity index (χ4n) is 1.72. The molecule has 0 fully saturated rings. The topological polar surface area (TPSA) is 94.3 Å². The molecule has 0 saturated heterocycles. The number of nitrogen functional groups attached to an aromatic ring is 1. The monoisotopic (exact) mass is 293 g/mol. The molecule has 20 heavy (non-hydrogen) atoms. The molecule has 0 atom stereocenters. The number of anilines is 2. The van der Waals surface area contributed by atoms with Crippen molar-refractivity contribution in [2.24, 2.45) is 0 Å². The fourth-order valence-corrected chi connectivity index (χ4v) is 2.89. The van der Waals surface area contributed by atoms with E-state index in [2.05, 4.69) is 9.71 Å². The summed E-state index contributed by atoms with van der Waals surface area (Å²) in [5.74, 6) is 0. The van der Waals surface area contributed by atoms with Gasteiger partial charge in [-0.1, -0.05) is 18.2 Å². The third-order valence-electron chi connectivity index (χ3n) is 2.67. The molecule has 3 N–H and O–H groups in total. The lowest BCUT2D eigenvalue weighted by Crippen LogP contribution is -2.16. The Balaban J connectivity index is 2.37. The number of hydrogen-bond donors (Lipinski definition) is 2. The second-order valence-corrected chi connectivity index (χ2v) is 5.76. The number of rotatable bonds is 5. The molecule has 0 saturated carbocycles. The van der Waals surface area contributed by atoms with Crippen LogP contribution in [0.5, 0.6) is 0 Å². The zero-order chi connectivity index (χ0) is 14.6. The largest absolute Gasteiger partial charge is 0.398 e. The van der Waals surface area contributed by atoms with Gasteiger partial charge in [0.25, 0.3) is 10.0 Å². The lowest BCUT2D eigenvalue weighted by atomic mass is 10.2. The zero-order valence-electron chi connectivity index (χ0n) is 10.9. The van der Waals surface area contributed by atoms with Gasteiger partial charge in [0.1, 0.15) is 4.90 Å². The molecule has 1 aromatic heterocycles. The number of benzene rings is 1. The summed E-state index contributed by atoms with van der Waals surface area (Å²) in [5, 5.41) is 0. The summed E-state index contributed by atoms with van der Waals surface area (Å²) in [6.07, 6.45) is 2.66. The highest BCUT2D eigenvalue weighted by Crippen LogP contribution is 2.23. The molecule has 1 aromatic carbocycles. The molecule has 0 aliphatic rings. The third kappa shape index (κ3) is 3.06. The summed E-state index contributed by atoms with van der Waals surface area (Å²) in [6, 6.07) is 8.44. The second-order valence-electron chi connectivity index (χ2n) is 4.11. The van der Waals surface area contributed by atoms with Gasteiger partial charge < -0.3 is 10.5 Å². The van der Waals surface area contributed by atoms with Crippen molar-refractivity contribution < 1.29 is 13.2 Å². The van der Waals surface area contributed by atoms with Gasteiger partial charge in [-0.05, 0) is 12.1 Å². The number of nitrogens with two attached hydrogens (primary N) is 1. The van der Waals surface area contributed by atoms with E-state index in [0.29, 0.717) is 12.3 Å². The van der Waals surface area contributed by atoms with E-state index in [9.17, 15) is 8.42 Å². The van der Waals surface area contributed by atoms with Crippen LogP contribution < -0.4 is 10.5 Å². The highest BCUT2D eigenvalue weighted by Gasteiger charge is 2.18. The highest BCUT2D eigenvalue weighted by atomic mass is 32.2. The average Bonchev–Trinajstić information content (AvgIpc) is 2.41. The number of para-hydroxylation sites is 1. The molecule has 2 aromatic rings. The van der Waals surface area contributed by atoms with Crippen LogP contribution in [0, 0.1) is 0 Å². The molecule has 0 aliphatic heterocycles. The number of hydrogen-bond acceptors (Lipinski definition) is 5. The molecule has 7 heteroatoms. The third-order valence-corrected chi connectivity index (χ3v) is 4.08. The van der Waals surface area contributed by atoms with E-state index >= 15 is 0 Å². The van der Waals surface area contributed by atoms with Crippen LogP contribution in [0.3, 0.4) is 0 Å². The van der Waals surface area contributed by atoms with E-state index in [0.717, 1.165) is 5.56 Å². The highest BCUT2D eigenvalue weighted by molar-refractivity contribution is 7.92. The second kappa shape index (κ2) is 5.89. The first-order valence-electron chi connectivity index (χ1n) is 5.84. The Bertz CT molecular complexity index is 702. The van der Waals surface area contributed by atoms with Gasteiger partial charge in [0.2, 0.25) is 0 Å². The molecule has 0 unspecified atom stereocenters. The maximum Gasteiger partial charge on any atom is 0.265 e.